The Kier molecular flexibility index (Phi) is 60.3. The van der Waals surface area contributed by atoms with Crippen LogP contribution in [0.5, 0.6) is 0 Å². The molecule has 0 spiro atoms. The van der Waals surface area contributed by atoms with Crippen molar-refractivity contribution in [3.63, 3.8) is 0 Å². The lowest BCUT2D eigenvalue weighted by atomic mass is 10.00. The minimum Gasteiger partial charge on any atom is -0.462 e. The second-order valence-electron chi connectivity index (χ2n) is 27.6. The van der Waals surface area contributed by atoms with Gasteiger partial charge in [-0.1, -0.05) is 306 Å². The van der Waals surface area contributed by atoms with E-state index in [1.54, 1.807) is 0 Å². The first-order chi connectivity index (χ1) is 43.6. The van der Waals surface area contributed by atoms with E-state index in [0.717, 1.165) is 120 Å². The number of carbonyl (C=O) groups is 4. The fraction of sp³-hybridized carbons (Fsp3) is 0.944. The van der Waals surface area contributed by atoms with E-state index in [4.69, 9.17) is 37.0 Å². The Morgan fingerprint density at radius 3 is 0.780 bits per heavy atom. The smallest absolute Gasteiger partial charge is 0.462 e. The zero-order valence-corrected chi connectivity index (χ0v) is 61.3. The van der Waals surface area contributed by atoms with E-state index in [1.165, 1.54) is 154 Å². The number of esters is 4. The molecule has 0 heterocycles. The van der Waals surface area contributed by atoms with Gasteiger partial charge in [-0.15, -0.1) is 0 Å². The number of unbranched alkanes of at least 4 members (excludes halogenated alkanes) is 34. The van der Waals surface area contributed by atoms with Crippen LogP contribution in [0.2, 0.25) is 0 Å². The molecule has 3 unspecified atom stereocenters. The average Bonchev–Trinajstić information content (AvgIpc) is 3.51. The van der Waals surface area contributed by atoms with Crippen molar-refractivity contribution in [3.8, 4) is 0 Å². The van der Waals surface area contributed by atoms with Crippen LogP contribution in [0.15, 0.2) is 0 Å². The second kappa shape index (κ2) is 61.6. The molecule has 0 aromatic heterocycles. The summed E-state index contributed by atoms with van der Waals surface area (Å²) in [6, 6.07) is 0. The summed E-state index contributed by atoms with van der Waals surface area (Å²) < 4.78 is 68.3. The molecule has 0 bridgehead atoms. The average molecular weight is 1340 g/mol. The van der Waals surface area contributed by atoms with Crippen molar-refractivity contribution in [1.82, 2.24) is 0 Å². The molecular formula is C72H140O17P2. The minimum atomic E-state index is -4.95. The molecule has 0 rings (SSSR count). The number of hydrogen-bond donors (Lipinski definition) is 3. The molecule has 19 heteroatoms. The third kappa shape index (κ3) is 65.1. The van der Waals surface area contributed by atoms with E-state index in [2.05, 4.69) is 55.4 Å². The molecule has 0 radical (unpaired) electrons. The number of phosphoric ester groups is 2. The molecule has 0 aromatic rings. The van der Waals surface area contributed by atoms with Gasteiger partial charge in [-0.25, -0.2) is 9.13 Å². The van der Waals surface area contributed by atoms with Crippen LogP contribution in [0.25, 0.3) is 0 Å². The van der Waals surface area contributed by atoms with Crippen LogP contribution >= 0.6 is 15.6 Å². The number of aliphatic hydroxyl groups is 1. The number of aliphatic hydroxyl groups excluding tert-OH is 1. The number of hydrogen-bond acceptors (Lipinski definition) is 15. The molecule has 17 nitrogen and oxygen atoms in total. The summed E-state index contributed by atoms with van der Waals surface area (Å²) >= 11 is 0. The van der Waals surface area contributed by atoms with E-state index in [1.807, 2.05) is 0 Å². The van der Waals surface area contributed by atoms with E-state index in [0.29, 0.717) is 25.7 Å². The summed E-state index contributed by atoms with van der Waals surface area (Å²) in [6.07, 6.45) is 44.6. The van der Waals surface area contributed by atoms with Gasteiger partial charge in [0.15, 0.2) is 12.2 Å². The van der Waals surface area contributed by atoms with Gasteiger partial charge in [0, 0.05) is 25.7 Å². The molecule has 540 valence electrons. The molecular weight excluding hydrogens is 1200 g/mol. The first-order valence-corrected chi connectivity index (χ1v) is 40.2. The molecule has 0 amide bonds. The van der Waals surface area contributed by atoms with Crippen molar-refractivity contribution in [1.29, 1.82) is 0 Å². The monoisotopic (exact) mass is 1340 g/mol. The van der Waals surface area contributed by atoms with E-state index < -0.39 is 97.5 Å². The topological polar surface area (TPSA) is 237 Å². The predicted molar refractivity (Wildman–Crippen MR) is 367 cm³/mol. The van der Waals surface area contributed by atoms with Crippen LogP contribution < -0.4 is 0 Å². The summed E-state index contributed by atoms with van der Waals surface area (Å²) in [4.78, 5) is 72.6. The van der Waals surface area contributed by atoms with Gasteiger partial charge in [-0.2, -0.15) is 0 Å². The number of ether oxygens (including phenoxy) is 4. The SMILES string of the molecule is CCC(C)CCCCCCCCC(=O)OC[C@H](COP(=O)(O)OC[C@H](O)COP(=O)(O)OC[C@@H](COC(=O)CCCCCCCCCCC(C)C)OC(=O)CCCCCCCCCCCCCCCCCCC(C)C)OC(=O)CCCCCCCCCCC(C)C. The zero-order chi connectivity index (χ0) is 67.5. The lowest BCUT2D eigenvalue weighted by molar-refractivity contribution is -0.161. The van der Waals surface area contributed by atoms with Crippen LogP contribution in [-0.2, 0) is 65.4 Å². The lowest BCUT2D eigenvalue weighted by Gasteiger charge is -2.21. The largest absolute Gasteiger partial charge is 0.472 e. The third-order valence-corrected chi connectivity index (χ3v) is 18.8. The van der Waals surface area contributed by atoms with Crippen molar-refractivity contribution in [2.75, 3.05) is 39.6 Å². The number of rotatable bonds is 69. The Hall–Kier alpha value is -1.94. The van der Waals surface area contributed by atoms with Crippen molar-refractivity contribution in [2.24, 2.45) is 23.7 Å². The number of phosphoric acid groups is 2. The summed E-state index contributed by atoms with van der Waals surface area (Å²) in [5.41, 5.74) is 0. The van der Waals surface area contributed by atoms with E-state index in [9.17, 15) is 43.2 Å². The highest BCUT2D eigenvalue weighted by molar-refractivity contribution is 7.47. The summed E-state index contributed by atoms with van der Waals surface area (Å²) in [7, 11) is -9.90. The summed E-state index contributed by atoms with van der Waals surface area (Å²) in [6.45, 7) is 14.1. The second-order valence-corrected chi connectivity index (χ2v) is 30.6. The van der Waals surface area contributed by atoms with Crippen LogP contribution in [0.3, 0.4) is 0 Å². The molecule has 91 heavy (non-hydrogen) atoms. The Labute approximate surface area is 556 Å². The van der Waals surface area contributed by atoms with Crippen LogP contribution in [-0.4, -0.2) is 96.7 Å². The van der Waals surface area contributed by atoms with Gasteiger partial charge in [-0.3, -0.25) is 37.3 Å². The fourth-order valence-corrected chi connectivity index (χ4v) is 12.4. The quantitative estimate of drug-likeness (QED) is 0.0222. The Bertz CT molecular complexity index is 1800. The van der Waals surface area contributed by atoms with Crippen molar-refractivity contribution in [2.45, 2.75) is 375 Å². The van der Waals surface area contributed by atoms with Gasteiger partial charge in [0.25, 0.3) is 0 Å². The first kappa shape index (κ1) is 89.1. The minimum absolute atomic E-state index is 0.103. The van der Waals surface area contributed by atoms with Gasteiger partial charge in [0.05, 0.1) is 26.4 Å². The van der Waals surface area contributed by atoms with Crippen LogP contribution in [0.4, 0.5) is 0 Å². The summed E-state index contributed by atoms with van der Waals surface area (Å²) in [5.74, 6) is 0.855. The third-order valence-electron chi connectivity index (χ3n) is 16.9. The Morgan fingerprint density at radius 2 is 0.527 bits per heavy atom. The molecule has 0 aliphatic carbocycles. The maximum Gasteiger partial charge on any atom is 0.472 e. The standard InChI is InChI=1S/C72H140O17P2/c1-9-65(8)51-43-35-30-31-37-45-53-70(75)83-59-68(89-72(77)55-47-39-29-23-21-26-34-42-50-64(6)7)61-87-91(80,81)85-57-66(73)56-84-90(78,79)86-60-67(58-82-69(74)52-44-36-27-22-20-25-33-41-49-63(4)5)88-71(76)54-46-38-28-19-17-15-13-11-10-12-14-16-18-24-32-40-48-62(2)3/h62-68,73H,9-61H2,1-8H3,(H,78,79)(H,80,81)/t65?,66-,67-,68-/m1/s1. The van der Waals surface area contributed by atoms with Gasteiger partial charge >= 0.3 is 39.5 Å². The molecule has 0 saturated heterocycles. The van der Waals surface area contributed by atoms with E-state index in [-0.39, 0.29) is 25.7 Å². The number of carbonyl (C=O) groups excluding carboxylic acids is 4. The zero-order valence-electron chi connectivity index (χ0n) is 59.5. The normalized spacial score (nSPS) is 14.5. The highest BCUT2D eigenvalue weighted by Gasteiger charge is 2.30. The van der Waals surface area contributed by atoms with Crippen molar-refractivity contribution < 1.29 is 80.2 Å². The maximum absolute atomic E-state index is 13.0. The van der Waals surface area contributed by atoms with E-state index >= 15 is 0 Å². The molecule has 3 N–H and O–H groups in total. The highest BCUT2D eigenvalue weighted by Crippen LogP contribution is 2.45. The highest BCUT2D eigenvalue weighted by atomic mass is 31.2. The molecule has 0 aliphatic heterocycles. The Balaban J connectivity index is 5.22. The van der Waals surface area contributed by atoms with Crippen LogP contribution in [0, 0.1) is 23.7 Å². The van der Waals surface area contributed by atoms with Crippen LogP contribution in [0.1, 0.15) is 357 Å². The van der Waals surface area contributed by atoms with Crippen molar-refractivity contribution in [3.05, 3.63) is 0 Å². The fourth-order valence-electron chi connectivity index (χ4n) is 10.8. The molecule has 0 aliphatic rings. The Morgan fingerprint density at radius 1 is 0.308 bits per heavy atom. The lowest BCUT2D eigenvalue weighted by Crippen LogP contribution is -2.30. The summed E-state index contributed by atoms with van der Waals surface area (Å²) in [5, 5.41) is 10.6. The first-order valence-electron chi connectivity index (χ1n) is 37.2. The molecule has 6 atom stereocenters. The van der Waals surface area contributed by atoms with Gasteiger partial charge in [0.1, 0.15) is 19.3 Å². The predicted octanol–water partition coefficient (Wildman–Crippen LogP) is 20.5. The van der Waals surface area contributed by atoms with Gasteiger partial charge in [-0.05, 0) is 49.4 Å². The molecule has 0 fully saturated rings. The maximum atomic E-state index is 13.0. The molecule has 0 aromatic carbocycles. The van der Waals surface area contributed by atoms with Gasteiger partial charge < -0.3 is 33.8 Å². The van der Waals surface area contributed by atoms with Crippen molar-refractivity contribution >= 4 is 39.5 Å². The van der Waals surface area contributed by atoms with Gasteiger partial charge in [0.2, 0.25) is 0 Å². The molecule has 0 saturated carbocycles.